The Bertz CT molecular complexity index is 438. The normalized spacial score (nSPS) is 10.2. The molecule has 0 aromatic carbocycles. The topological polar surface area (TPSA) is 70.8 Å². The van der Waals surface area contributed by atoms with Crippen LogP contribution in [0.1, 0.15) is 21.9 Å². The standard InChI is InChI=1S/C10H12BrNO4/c1-5-8(9(11)6(2)16-5)10(15)12(3)4-7(13)14/h4H2,1-3H3,(H,13,14). The molecule has 1 aromatic heterocycles. The molecule has 16 heavy (non-hydrogen) atoms. The van der Waals surface area contributed by atoms with Crippen LogP contribution in [0.5, 0.6) is 0 Å². The summed E-state index contributed by atoms with van der Waals surface area (Å²) < 4.78 is 5.86. The molecule has 1 aromatic rings. The van der Waals surface area contributed by atoms with Crippen LogP contribution in [-0.4, -0.2) is 35.5 Å². The number of nitrogens with zero attached hydrogens (tertiary/aromatic N) is 1. The van der Waals surface area contributed by atoms with Crippen LogP contribution in [0.2, 0.25) is 0 Å². The number of carboxylic acid groups (broad SMARTS) is 1. The number of furan rings is 1. The monoisotopic (exact) mass is 289 g/mol. The summed E-state index contributed by atoms with van der Waals surface area (Å²) in [4.78, 5) is 23.5. The SMILES string of the molecule is Cc1oc(C)c(C(=O)N(C)CC(=O)O)c1Br. The molecule has 1 rings (SSSR count). The van der Waals surface area contributed by atoms with E-state index in [-0.39, 0.29) is 12.5 Å². The quantitative estimate of drug-likeness (QED) is 0.921. The first-order chi connectivity index (χ1) is 7.34. The summed E-state index contributed by atoms with van der Waals surface area (Å²) in [6.45, 7) is 3.06. The maximum atomic E-state index is 11.9. The lowest BCUT2D eigenvalue weighted by molar-refractivity contribution is -0.137. The zero-order valence-corrected chi connectivity index (χ0v) is 10.8. The Morgan fingerprint density at radius 1 is 1.38 bits per heavy atom. The summed E-state index contributed by atoms with van der Waals surface area (Å²) in [7, 11) is 1.44. The zero-order chi connectivity index (χ0) is 12.5. The Hall–Kier alpha value is -1.30. The van der Waals surface area contributed by atoms with Gasteiger partial charge in [0.05, 0.1) is 10.0 Å². The summed E-state index contributed by atoms with van der Waals surface area (Å²) in [5, 5.41) is 8.59. The van der Waals surface area contributed by atoms with Gasteiger partial charge in [-0.05, 0) is 29.8 Å². The number of hydrogen-bond acceptors (Lipinski definition) is 3. The number of amides is 1. The number of rotatable bonds is 3. The average molecular weight is 290 g/mol. The molecule has 1 N–H and O–H groups in total. The van der Waals surface area contributed by atoms with E-state index in [1.807, 2.05) is 0 Å². The number of carboxylic acids is 1. The highest BCUT2D eigenvalue weighted by Crippen LogP contribution is 2.28. The van der Waals surface area contributed by atoms with Gasteiger partial charge in [0.1, 0.15) is 18.1 Å². The molecule has 6 heteroatoms. The van der Waals surface area contributed by atoms with Crippen LogP contribution in [0, 0.1) is 13.8 Å². The number of aliphatic carboxylic acids is 1. The lowest BCUT2D eigenvalue weighted by Crippen LogP contribution is -2.32. The van der Waals surface area contributed by atoms with E-state index in [2.05, 4.69) is 15.9 Å². The van der Waals surface area contributed by atoms with Crippen molar-refractivity contribution in [3.63, 3.8) is 0 Å². The Labute approximate surface area is 101 Å². The van der Waals surface area contributed by atoms with Gasteiger partial charge >= 0.3 is 5.97 Å². The van der Waals surface area contributed by atoms with Crippen molar-refractivity contribution in [1.29, 1.82) is 0 Å². The molecule has 0 spiro atoms. The lowest BCUT2D eigenvalue weighted by Gasteiger charge is -2.14. The second-order valence-electron chi connectivity index (χ2n) is 3.46. The van der Waals surface area contributed by atoms with Gasteiger partial charge in [0.2, 0.25) is 0 Å². The van der Waals surface area contributed by atoms with Crippen molar-refractivity contribution in [2.45, 2.75) is 13.8 Å². The third-order valence-corrected chi connectivity index (χ3v) is 3.07. The smallest absolute Gasteiger partial charge is 0.323 e. The zero-order valence-electron chi connectivity index (χ0n) is 9.20. The van der Waals surface area contributed by atoms with Crippen LogP contribution in [-0.2, 0) is 4.79 Å². The van der Waals surface area contributed by atoms with E-state index in [0.29, 0.717) is 21.6 Å². The molecule has 0 bridgehead atoms. The molecule has 0 aliphatic rings. The minimum absolute atomic E-state index is 0.338. The van der Waals surface area contributed by atoms with E-state index in [0.717, 1.165) is 4.90 Å². The van der Waals surface area contributed by atoms with E-state index in [1.165, 1.54) is 7.05 Å². The molecule has 0 saturated heterocycles. The van der Waals surface area contributed by atoms with Crippen molar-refractivity contribution in [1.82, 2.24) is 4.90 Å². The number of hydrogen-bond donors (Lipinski definition) is 1. The minimum atomic E-state index is -1.05. The highest BCUT2D eigenvalue weighted by Gasteiger charge is 2.23. The molecule has 0 saturated carbocycles. The molecule has 0 aliphatic carbocycles. The lowest BCUT2D eigenvalue weighted by atomic mass is 10.2. The molecule has 0 radical (unpaired) electrons. The summed E-state index contributed by atoms with van der Waals surface area (Å²) in [5.41, 5.74) is 0.376. The molecule has 0 unspecified atom stereocenters. The molecule has 88 valence electrons. The molecular formula is C10H12BrNO4. The van der Waals surface area contributed by atoms with Crippen LogP contribution >= 0.6 is 15.9 Å². The largest absolute Gasteiger partial charge is 0.480 e. The van der Waals surface area contributed by atoms with Gasteiger partial charge in [0.25, 0.3) is 5.91 Å². The van der Waals surface area contributed by atoms with E-state index in [1.54, 1.807) is 13.8 Å². The predicted octanol–water partition coefficient (Wildman–Crippen LogP) is 1.82. The minimum Gasteiger partial charge on any atom is -0.480 e. The van der Waals surface area contributed by atoms with E-state index in [9.17, 15) is 9.59 Å². The Morgan fingerprint density at radius 3 is 2.31 bits per heavy atom. The Kier molecular flexibility index (Phi) is 3.74. The molecular weight excluding hydrogens is 278 g/mol. The van der Waals surface area contributed by atoms with Gasteiger partial charge < -0.3 is 14.4 Å². The summed E-state index contributed by atoms with van der Waals surface area (Å²) in [6, 6.07) is 0. The third kappa shape index (κ3) is 2.44. The fourth-order valence-electron chi connectivity index (χ4n) is 1.37. The van der Waals surface area contributed by atoms with Crippen molar-refractivity contribution in [3.05, 3.63) is 21.6 Å². The molecule has 5 nitrogen and oxygen atoms in total. The van der Waals surface area contributed by atoms with E-state index >= 15 is 0 Å². The molecule has 0 aliphatic heterocycles. The van der Waals surface area contributed by atoms with Gasteiger partial charge in [-0.3, -0.25) is 9.59 Å². The number of carbonyl (C=O) groups is 2. The molecule has 0 atom stereocenters. The van der Waals surface area contributed by atoms with Crippen molar-refractivity contribution in [2.75, 3.05) is 13.6 Å². The van der Waals surface area contributed by atoms with Gasteiger partial charge in [-0.15, -0.1) is 0 Å². The first-order valence-electron chi connectivity index (χ1n) is 4.57. The molecule has 1 heterocycles. The maximum Gasteiger partial charge on any atom is 0.323 e. The highest BCUT2D eigenvalue weighted by molar-refractivity contribution is 9.10. The maximum absolute atomic E-state index is 11.9. The van der Waals surface area contributed by atoms with Crippen molar-refractivity contribution < 1.29 is 19.1 Å². The van der Waals surface area contributed by atoms with Gasteiger partial charge in [0, 0.05) is 7.05 Å². The number of likely N-dealkylation sites (N-methyl/N-ethyl adjacent to an activating group) is 1. The van der Waals surface area contributed by atoms with Crippen LogP contribution in [0.25, 0.3) is 0 Å². The number of aryl methyl sites for hydroxylation is 2. The summed E-state index contributed by atoms with van der Waals surface area (Å²) >= 11 is 3.25. The van der Waals surface area contributed by atoms with Crippen LogP contribution in [0.15, 0.2) is 8.89 Å². The van der Waals surface area contributed by atoms with Crippen molar-refractivity contribution in [2.24, 2.45) is 0 Å². The number of carbonyl (C=O) groups excluding carboxylic acids is 1. The fraction of sp³-hybridized carbons (Fsp3) is 0.400. The van der Waals surface area contributed by atoms with Crippen molar-refractivity contribution >= 4 is 27.8 Å². The van der Waals surface area contributed by atoms with Crippen LogP contribution < -0.4 is 0 Å². The summed E-state index contributed by atoms with van der Waals surface area (Å²) in [6.07, 6.45) is 0. The van der Waals surface area contributed by atoms with E-state index in [4.69, 9.17) is 9.52 Å². The first-order valence-corrected chi connectivity index (χ1v) is 5.36. The average Bonchev–Trinajstić information content (AvgIpc) is 2.39. The predicted molar refractivity (Wildman–Crippen MR) is 60.5 cm³/mol. The second kappa shape index (κ2) is 4.69. The third-order valence-electron chi connectivity index (χ3n) is 2.12. The van der Waals surface area contributed by atoms with Gasteiger partial charge in [-0.25, -0.2) is 0 Å². The fourth-order valence-corrected chi connectivity index (χ4v) is 1.90. The summed E-state index contributed by atoms with van der Waals surface area (Å²) in [5.74, 6) is -0.343. The number of halogens is 1. The van der Waals surface area contributed by atoms with E-state index < -0.39 is 5.97 Å². The molecule has 0 fully saturated rings. The van der Waals surface area contributed by atoms with Gasteiger partial charge in [-0.1, -0.05) is 0 Å². The van der Waals surface area contributed by atoms with Crippen LogP contribution in [0.4, 0.5) is 0 Å². The first kappa shape index (κ1) is 12.8. The van der Waals surface area contributed by atoms with Crippen LogP contribution in [0.3, 0.4) is 0 Å². The van der Waals surface area contributed by atoms with Crippen molar-refractivity contribution in [3.8, 4) is 0 Å². The second-order valence-corrected chi connectivity index (χ2v) is 4.25. The highest BCUT2D eigenvalue weighted by atomic mass is 79.9. The Balaban J connectivity index is 3.00. The van der Waals surface area contributed by atoms with Gasteiger partial charge in [0.15, 0.2) is 0 Å². The molecule has 1 amide bonds. The Morgan fingerprint density at radius 2 is 1.94 bits per heavy atom. The van der Waals surface area contributed by atoms with Gasteiger partial charge in [-0.2, -0.15) is 0 Å².